The van der Waals surface area contributed by atoms with Crippen molar-refractivity contribution in [1.29, 1.82) is 0 Å². The number of rotatable bonds is 5. The molecule has 2 aromatic carbocycles. The maximum atomic E-state index is 12.8. The number of hydrogen-bond acceptors (Lipinski definition) is 4. The Morgan fingerprint density at radius 1 is 1.00 bits per heavy atom. The van der Waals surface area contributed by atoms with Crippen LogP contribution in [-0.4, -0.2) is 28.5 Å². The van der Waals surface area contributed by atoms with Crippen LogP contribution in [-0.2, 0) is 11.8 Å². The number of para-hydroxylation sites is 3. The molecule has 0 N–H and O–H groups in total. The highest BCUT2D eigenvalue weighted by atomic mass is 16.5. The van der Waals surface area contributed by atoms with E-state index >= 15 is 0 Å². The van der Waals surface area contributed by atoms with Gasteiger partial charge in [0.2, 0.25) is 0 Å². The molecule has 0 aliphatic rings. The topological polar surface area (TPSA) is 64.4 Å². The van der Waals surface area contributed by atoms with Crippen molar-refractivity contribution >= 4 is 17.4 Å². The highest BCUT2D eigenvalue weighted by molar-refractivity contribution is 6.47. The third kappa shape index (κ3) is 3.60. The van der Waals surface area contributed by atoms with Gasteiger partial charge in [-0.2, -0.15) is 5.10 Å². The Kier molecular flexibility index (Phi) is 5.07. The van der Waals surface area contributed by atoms with Crippen LogP contribution in [0.15, 0.2) is 54.6 Å². The Morgan fingerprint density at radius 2 is 1.63 bits per heavy atom. The zero-order valence-electron chi connectivity index (χ0n) is 15.8. The summed E-state index contributed by atoms with van der Waals surface area (Å²) in [6.45, 7) is 3.49. The maximum absolute atomic E-state index is 12.8. The van der Waals surface area contributed by atoms with Gasteiger partial charge >= 0.3 is 0 Å². The number of anilines is 1. The second-order valence-corrected chi connectivity index (χ2v) is 6.25. The van der Waals surface area contributed by atoms with E-state index in [0.717, 1.165) is 0 Å². The van der Waals surface area contributed by atoms with Crippen LogP contribution in [0.25, 0.3) is 0 Å². The number of amides is 1. The number of hydrogen-bond donors (Lipinski definition) is 0. The molecule has 0 aliphatic heterocycles. The molecular formula is C21H21N3O3. The Hall–Kier alpha value is -3.41. The van der Waals surface area contributed by atoms with Gasteiger partial charge < -0.3 is 9.64 Å². The molecule has 1 aromatic heterocycles. The Labute approximate surface area is 158 Å². The van der Waals surface area contributed by atoms with E-state index in [1.807, 2.05) is 36.4 Å². The molecule has 0 radical (unpaired) electrons. The third-order valence-electron chi connectivity index (χ3n) is 4.43. The molecule has 6 heteroatoms. The predicted molar refractivity (Wildman–Crippen MR) is 103 cm³/mol. The van der Waals surface area contributed by atoms with Gasteiger partial charge in [0.15, 0.2) is 5.75 Å². The largest absolute Gasteiger partial charge is 0.455 e. The van der Waals surface area contributed by atoms with Crippen molar-refractivity contribution in [2.45, 2.75) is 13.8 Å². The maximum Gasteiger partial charge on any atom is 0.299 e. The summed E-state index contributed by atoms with van der Waals surface area (Å²) < 4.78 is 7.50. The molecule has 0 saturated heterocycles. The number of ether oxygens (including phenoxy) is 1. The first-order valence-corrected chi connectivity index (χ1v) is 8.54. The molecule has 27 heavy (non-hydrogen) atoms. The van der Waals surface area contributed by atoms with E-state index in [0.29, 0.717) is 34.1 Å². The van der Waals surface area contributed by atoms with Crippen molar-refractivity contribution in [1.82, 2.24) is 9.78 Å². The van der Waals surface area contributed by atoms with Gasteiger partial charge in [-0.25, -0.2) is 0 Å². The minimum Gasteiger partial charge on any atom is -0.455 e. The number of benzene rings is 2. The van der Waals surface area contributed by atoms with Gasteiger partial charge in [-0.05, 0) is 38.1 Å². The number of nitrogens with zero attached hydrogens (tertiary/aromatic N) is 3. The van der Waals surface area contributed by atoms with Crippen LogP contribution >= 0.6 is 0 Å². The molecule has 3 rings (SSSR count). The highest BCUT2D eigenvalue weighted by Crippen LogP contribution is 2.32. The van der Waals surface area contributed by atoms with Crippen molar-refractivity contribution in [3.63, 3.8) is 0 Å². The second kappa shape index (κ2) is 7.45. The Bertz CT molecular complexity index is 993. The van der Waals surface area contributed by atoms with Gasteiger partial charge in [-0.1, -0.05) is 30.3 Å². The molecule has 1 heterocycles. The number of aryl methyl sites for hydroxylation is 2. The van der Waals surface area contributed by atoms with Crippen molar-refractivity contribution in [2.24, 2.45) is 7.05 Å². The summed E-state index contributed by atoms with van der Waals surface area (Å²) in [5.74, 6) is -0.0866. The quantitative estimate of drug-likeness (QED) is 0.512. The van der Waals surface area contributed by atoms with E-state index in [4.69, 9.17) is 4.74 Å². The molecule has 0 atom stereocenters. The Morgan fingerprint density at radius 3 is 2.26 bits per heavy atom. The fourth-order valence-corrected chi connectivity index (χ4v) is 2.91. The molecule has 138 valence electrons. The summed E-state index contributed by atoms with van der Waals surface area (Å²) in [7, 11) is 3.31. The lowest BCUT2D eigenvalue weighted by Crippen LogP contribution is -2.34. The lowest BCUT2D eigenvalue weighted by atomic mass is 10.1. The average molecular weight is 363 g/mol. The minimum absolute atomic E-state index is 0.343. The normalized spacial score (nSPS) is 10.5. The minimum atomic E-state index is -0.640. The SMILES string of the molecule is Cc1nn(C)c(C)c1C(=O)C(=O)N(C)c1ccccc1Oc1ccccc1. The fourth-order valence-electron chi connectivity index (χ4n) is 2.91. The van der Waals surface area contributed by atoms with Crippen LogP contribution in [0.3, 0.4) is 0 Å². The van der Waals surface area contributed by atoms with E-state index in [9.17, 15) is 9.59 Å². The first-order chi connectivity index (χ1) is 12.9. The van der Waals surface area contributed by atoms with Gasteiger partial charge in [-0.3, -0.25) is 14.3 Å². The number of carbonyl (C=O) groups excluding carboxylic acids is 2. The molecule has 0 unspecified atom stereocenters. The first kappa shape index (κ1) is 18.4. The molecule has 1 amide bonds. The van der Waals surface area contributed by atoms with Crippen molar-refractivity contribution in [3.8, 4) is 11.5 Å². The smallest absolute Gasteiger partial charge is 0.299 e. The van der Waals surface area contributed by atoms with Crippen LogP contribution in [0.1, 0.15) is 21.7 Å². The number of aromatic nitrogens is 2. The fraction of sp³-hybridized carbons (Fsp3) is 0.190. The molecule has 0 saturated carbocycles. The summed E-state index contributed by atoms with van der Waals surface area (Å²) in [4.78, 5) is 27.0. The lowest BCUT2D eigenvalue weighted by Gasteiger charge is -2.20. The zero-order chi connectivity index (χ0) is 19.6. The van der Waals surface area contributed by atoms with Crippen LogP contribution in [0.2, 0.25) is 0 Å². The van der Waals surface area contributed by atoms with Gasteiger partial charge in [0.1, 0.15) is 5.75 Å². The molecule has 0 bridgehead atoms. The van der Waals surface area contributed by atoms with Crippen molar-refractivity contribution < 1.29 is 14.3 Å². The van der Waals surface area contributed by atoms with Gasteiger partial charge in [0, 0.05) is 19.8 Å². The van der Waals surface area contributed by atoms with Gasteiger partial charge in [0.05, 0.1) is 16.9 Å². The summed E-state index contributed by atoms with van der Waals surface area (Å²) in [6, 6.07) is 16.4. The number of likely N-dealkylation sites (N-methyl/N-ethyl adjacent to an activating group) is 1. The summed E-state index contributed by atoms with van der Waals surface area (Å²) in [5, 5.41) is 4.22. The predicted octanol–water partition coefficient (Wildman–Crippen LogP) is 3.67. The summed E-state index contributed by atoms with van der Waals surface area (Å²) in [5.41, 5.74) is 2.05. The molecular weight excluding hydrogens is 342 g/mol. The lowest BCUT2D eigenvalue weighted by molar-refractivity contribution is -0.114. The van der Waals surface area contributed by atoms with Crippen LogP contribution in [0, 0.1) is 13.8 Å². The van der Waals surface area contributed by atoms with E-state index < -0.39 is 11.7 Å². The molecule has 0 aliphatic carbocycles. The Balaban J connectivity index is 1.90. The second-order valence-electron chi connectivity index (χ2n) is 6.25. The summed E-state index contributed by atoms with van der Waals surface area (Å²) in [6.07, 6.45) is 0. The van der Waals surface area contributed by atoms with Crippen molar-refractivity contribution in [2.75, 3.05) is 11.9 Å². The number of carbonyl (C=O) groups is 2. The monoisotopic (exact) mass is 363 g/mol. The molecule has 0 fully saturated rings. The molecule has 6 nitrogen and oxygen atoms in total. The van der Waals surface area contributed by atoms with Crippen LogP contribution < -0.4 is 9.64 Å². The van der Waals surface area contributed by atoms with E-state index in [2.05, 4.69) is 5.10 Å². The first-order valence-electron chi connectivity index (χ1n) is 8.54. The van der Waals surface area contributed by atoms with Gasteiger partial charge in [-0.15, -0.1) is 0 Å². The van der Waals surface area contributed by atoms with Gasteiger partial charge in [0.25, 0.3) is 11.7 Å². The molecule has 0 spiro atoms. The third-order valence-corrected chi connectivity index (χ3v) is 4.43. The van der Waals surface area contributed by atoms with Crippen molar-refractivity contribution in [3.05, 3.63) is 71.5 Å². The number of Topliss-reactive ketones (excluding diaryl/α,β-unsaturated/α-hetero) is 1. The van der Waals surface area contributed by atoms with E-state index in [-0.39, 0.29) is 0 Å². The van der Waals surface area contributed by atoms with E-state index in [1.54, 1.807) is 50.8 Å². The van der Waals surface area contributed by atoms with Crippen LogP contribution in [0.4, 0.5) is 5.69 Å². The zero-order valence-corrected chi connectivity index (χ0v) is 15.8. The van der Waals surface area contributed by atoms with E-state index in [1.165, 1.54) is 4.90 Å². The standard InChI is InChI=1S/C21H21N3O3/c1-14-19(15(2)24(4)22-14)20(25)21(26)23(3)17-12-8-9-13-18(17)27-16-10-6-5-7-11-16/h5-13H,1-4H3. The average Bonchev–Trinajstić information content (AvgIpc) is 2.93. The summed E-state index contributed by atoms with van der Waals surface area (Å²) >= 11 is 0. The number of ketones is 1. The molecule has 3 aromatic rings. The highest BCUT2D eigenvalue weighted by Gasteiger charge is 2.28. The van der Waals surface area contributed by atoms with Crippen LogP contribution in [0.5, 0.6) is 11.5 Å².